The Hall–Kier alpha value is 0.557. The van der Waals surface area contributed by atoms with Gasteiger partial charge in [0.15, 0.2) is 0 Å². The van der Waals surface area contributed by atoms with Gasteiger partial charge in [-0.3, -0.25) is 4.79 Å². The number of hydrogen-bond acceptors (Lipinski definition) is 1. The second kappa shape index (κ2) is 55.3. The van der Waals surface area contributed by atoms with Crippen LogP contribution in [0.4, 0.5) is 0 Å². The quantitative estimate of drug-likeness (QED) is 0.433. The first-order chi connectivity index (χ1) is 1.73. The van der Waals surface area contributed by atoms with Crippen LogP contribution in [-0.2, 0) is 44.0 Å². The molecule has 10 heavy (non-hydrogen) atoms. The summed E-state index contributed by atoms with van der Waals surface area (Å²) in [7, 11) is 0. The molecule has 0 aromatic carbocycles. The van der Waals surface area contributed by atoms with Gasteiger partial charge in [0.2, 0.25) is 0 Å². The van der Waals surface area contributed by atoms with Gasteiger partial charge in [-0.15, -0.1) is 0 Å². The van der Waals surface area contributed by atoms with Crippen molar-refractivity contribution in [1.82, 2.24) is 0 Å². The van der Waals surface area contributed by atoms with E-state index in [-0.39, 0.29) is 61.1 Å². The van der Waals surface area contributed by atoms with Crippen LogP contribution in [-0.4, -0.2) is 33.0 Å². The van der Waals surface area contributed by atoms with E-state index in [9.17, 15) is 0 Å². The van der Waals surface area contributed by atoms with Crippen LogP contribution in [0.1, 0.15) is 6.92 Å². The van der Waals surface area contributed by atoms with Gasteiger partial charge in [0.1, 0.15) is 0 Å². The molecule has 0 amide bonds. The van der Waals surface area contributed by atoms with Crippen LogP contribution in [0.5, 0.6) is 0 Å². The molecule has 0 saturated carbocycles. The van der Waals surface area contributed by atoms with E-state index in [4.69, 9.17) is 9.90 Å². The maximum Gasteiger partial charge on any atom is 0.300 e. The summed E-state index contributed by atoms with van der Waals surface area (Å²) in [5, 5.41) is 7.42. The minimum absolute atomic E-state index is 0. The van der Waals surface area contributed by atoms with Gasteiger partial charge in [-0.25, -0.2) is 0 Å². The molecule has 0 saturated heterocycles. The largest absolute Gasteiger partial charge is 0.481 e. The first-order valence-electron chi connectivity index (χ1n) is 0.928. The molecule has 0 aliphatic rings. The van der Waals surface area contributed by atoms with E-state index in [1.54, 1.807) is 0 Å². The molecule has 0 bridgehead atoms. The summed E-state index contributed by atoms with van der Waals surface area (Å²) in [4.78, 5) is 9.00. The number of carboxylic acids is 1. The number of rotatable bonds is 0. The summed E-state index contributed by atoms with van der Waals surface area (Å²) in [6.07, 6.45) is 0. The molecular weight excluding hydrogens is 376 g/mol. The van der Waals surface area contributed by atoms with Gasteiger partial charge in [0, 0.05) is 46.1 Å². The van der Waals surface area contributed by atoms with Crippen molar-refractivity contribution in [3.05, 3.63) is 0 Å². The molecule has 0 fully saturated rings. The predicted molar refractivity (Wildman–Crippen MR) is 27.8 cm³/mol. The molecule has 0 spiro atoms. The van der Waals surface area contributed by atoms with Crippen LogP contribution in [0.25, 0.3) is 0 Å². The monoisotopic (exact) mass is 388 g/mol. The van der Waals surface area contributed by atoms with E-state index in [2.05, 4.69) is 0 Å². The Morgan fingerprint density at radius 1 is 1.10 bits per heavy atom. The molecule has 6 nitrogen and oxygen atoms in total. The molecule has 0 aromatic heterocycles. The number of carbonyl (C=O) groups is 1. The fourth-order valence-corrected chi connectivity index (χ4v) is 0. The first-order valence-corrected chi connectivity index (χ1v) is 0.928. The molecule has 0 aliphatic heterocycles. The third kappa shape index (κ3) is 1580. The van der Waals surface area contributed by atoms with Gasteiger partial charge in [-0.1, -0.05) is 0 Å². The van der Waals surface area contributed by atoms with Gasteiger partial charge in [-0.2, -0.15) is 0 Å². The second-order valence-corrected chi connectivity index (χ2v) is 0.519. The summed E-state index contributed by atoms with van der Waals surface area (Å²) >= 11 is 0. The molecule has 76 valence electrons. The van der Waals surface area contributed by atoms with E-state index in [0.29, 0.717) is 0 Å². The fraction of sp³-hybridized carbons (Fsp3) is 0.500. The molecule has 0 heterocycles. The molecule has 0 aliphatic carbocycles. The van der Waals surface area contributed by atoms with Crippen molar-refractivity contribution in [2.75, 3.05) is 0 Å². The zero-order valence-electron chi connectivity index (χ0n) is 4.99. The Morgan fingerprint density at radius 3 is 1.10 bits per heavy atom. The Kier molecular flexibility index (Phi) is 422. The number of carboxylic acid groups (broad SMARTS) is 1. The first kappa shape index (κ1) is 76.2. The van der Waals surface area contributed by atoms with E-state index in [1.807, 2.05) is 0 Å². The normalized spacial score (nSPS) is 2.50. The number of aliphatic carboxylic acids is 1. The van der Waals surface area contributed by atoms with Crippen molar-refractivity contribution < 1.29 is 71.0 Å². The Balaban J connectivity index is -0.00000000300. The minimum atomic E-state index is -0.833. The van der Waals surface area contributed by atoms with Gasteiger partial charge >= 0.3 is 0 Å². The van der Waals surface area contributed by atoms with Crippen molar-refractivity contribution in [1.29, 1.82) is 0 Å². The van der Waals surface area contributed by atoms with Crippen molar-refractivity contribution in [2.45, 2.75) is 6.92 Å². The van der Waals surface area contributed by atoms with E-state index in [1.165, 1.54) is 0 Å². The molecule has 0 rings (SSSR count). The van der Waals surface area contributed by atoms with Crippen LogP contribution >= 0.6 is 0 Å². The third-order valence-electron chi connectivity index (χ3n) is 0. The zero-order chi connectivity index (χ0) is 3.58. The average Bonchev–Trinajstić information content (AvgIpc) is 0.811. The van der Waals surface area contributed by atoms with Gasteiger partial charge < -0.3 is 27.0 Å². The Bertz CT molecular complexity index is 38.7. The van der Waals surface area contributed by atoms with Crippen LogP contribution in [0.3, 0.4) is 0 Å². The van der Waals surface area contributed by atoms with Crippen molar-refractivity contribution in [2.24, 2.45) is 0 Å². The molecule has 0 atom stereocenters. The van der Waals surface area contributed by atoms with Crippen molar-refractivity contribution in [3.8, 4) is 0 Å². The van der Waals surface area contributed by atoms with Gasteiger partial charge in [-0.05, 0) is 0 Å². The summed E-state index contributed by atoms with van der Waals surface area (Å²) in [5.41, 5.74) is 0. The van der Waals surface area contributed by atoms with Crippen molar-refractivity contribution in [3.63, 3.8) is 0 Å². The molecule has 8 heteroatoms. The SMILES string of the molecule is CC(=O)O.O.O.O.O.[Au].[Co]. The Morgan fingerprint density at radius 2 is 1.10 bits per heavy atom. The molecule has 0 unspecified atom stereocenters. The average molecular weight is 388 g/mol. The summed E-state index contributed by atoms with van der Waals surface area (Å²) < 4.78 is 0. The van der Waals surface area contributed by atoms with Gasteiger partial charge in [0.05, 0.1) is 0 Å². The van der Waals surface area contributed by atoms with E-state index in [0.717, 1.165) is 6.92 Å². The summed E-state index contributed by atoms with van der Waals surface area (Å²) in [6.45, 7) is 1.08. The van der Waals surface area contributed by atoms with Crippen molar-refractivity contribution >= 4 is 5.97 Å². The van der Waals surface area contributed by atoms with E-state index < -0.39 is 5.97 Å². The van der Waals surface area contributed by atoms with Gasteiger partial charge in [0.25, 0.3) is 5.97 Å². The van der Waals surface area contributed by atoms with Crippen LogP contribution in [0.15, 0.2) is 0 Å². The smallest absolute Gasteiger partial charge is 0.300 e. The minimum Gasteiger partial charge on any atom is -0.481 e. The topological polar surface area (TPSA) is 163 Å². The zero-order valence-corrected chi connectivity index (χ0v) is 8.20. The Labute approximate surface area is 83.9 Å². The fourth-order valence-electron chi connectivity index (χ4n) is 0. The predicted octanol–water partition coefficient (Wildman–Crippen LogP) is -3.21. The maximum atomic E-state index is 9.00. The standard InChI is InChI=1S/C2H4O2.Au.Co.4H2O/c1-2(3)4;;;;;;/h1H3,(H,3,4);;;4*1H2. The maximum absolute atomic E-state index is 9.00. The second-order valence-electron chi connectivity index (χ2n) is 0.519. The third-order valence-corrected chi connectivity index (χ3v) is 0. The summed E-state index contributed by atoms with van der Waals surface area (Å²) in [6, 6.07) is 0. The molecular formula is C2H12AuCoO6. The molecule has 0 aromatic rings. The van der Waals surface area contributed by atoms with Crippen LogP contribution in [0.2, 0.25) is 0 Å². The van der Waals surface area contributed by atoms with Crippen LogP contribution < -0.4 is 0 Å². The molecule has 2 radical (unpaired) electrons. The summed E-state index contributed by atoms with van der Waals surface area (Å²) in [5.74, 6) is -0.833. The van der Waals surface area contributed by atoms with E-state index >= 15 is 0 Å². The number of hydrogen-bond donors (Lipinski definition) is 1. The van der Waals surface area contributed by atoms with Crippen LogP contribution in [0, 0.1) is 0 Å². The molecule has 9 N–H and O–H groups in total.